The minimum absolute atomic E-state index is 0. The number of benzene rings is 2. The van der Waals surface area contributed by atoms with Crippen molar-refractivity contribution in [1.82, 2.24) is 0 Å². The maximum absolute atomic E-state index is 12.1. The molecule has 0 spiro atoms. The Balaban J connectivity index is 0.0000102. The monoisotopic (exact) mass is 941 g/mol. The predicted octanol–water partition coefficient (Wildman–Crippen LogP) is 4.76. The molecule has 2 heterocycles. The number of fused-ring (bicyclic) bond motifs is 2. The number of allylic oxidation sites excluding steroid dienone is 8. The van der Waals surface area contributed by atoms with Crippen LogP contribution in [0, 0.1) is 0 Å². The number of hydrogen-bond donors (Lipinski definition) is 1. The predicted molar refractivity (Wildman–Crippen MR) is 228 cm³/mol. The Morgan fingerprint density at radius 1 is 0.742 bits per heavy atom. The van der Waals surface area contributed by atoms with Crippen molar-refractivity contribution in [1.29, 1.82) is 0 Å². The van der Waals surface area contributed by atoms with E-state index in [1.165, 1.54) is 43.5 Å². The second-order valence-electron chi connectivity index (χ2n) is 15.2. The molecule has 0 fully saturated rings. The Hall–Kier alpha value is -4.06. The molecule has 0 aromatic heterocycles. The van der Waals surface area contributed by atoms with E-state index < -0.39 is 78.6 Å². The molecule has 0 radical (unpaired) electrons. The second-order valence-corrected chi connectivity index (χ2v) is 21.0. The molecule has 2 aliphatic heterocycles. The van der Waals surface area contributed by atoms with Gasteiger partial charge in [-0.05, 0) is 94.3 Å². The first-order chi connectivity index (χ1) is 28.3. The van der Waals surface area contributed by atoms with Crippen molar-refractivity contribution in [3.63, 3.8) is 0 Å². The number of carboxylic acid groups (broad SMARTS) is 1. The highest BCUT2D eigenvalue weighted by Gasteiger charge is 2.48. The van der Waals surface area contributed by atoms with Crippen LogP contribution in [-0.2, 0) is 60.8 Å². The molecule has 2 atom stereocenters. The number of methoxy groups -OCH3 is 1. The zero-order chi connectivity index (χ0) is 45.4. The Kier molecular flexibility index (Phi) is 17.8. The first-order valence-corrected chi connectivity index (χ1v) is 25.2. The van der Waals surface area contributed by atoms with Gasteiger partial charge in [-0.3, -0.25) is 4.79 Å². The fourth-order valence-corrected chi connectivity index (χ4v) is 9.97. The Morgan fingerprint density at radius 3 is 1.85 bits per heavy atom. The standard InChI is InChI=1S/C40H52N2O15S4.CH4/c1-39(21-12-26-58(45,46)47)32-28-30(60(51,52)53)17-19-34(32)41(23-11-7-10-16-38(43)44)36(39)14-8-5-4-6-9-15-37-40(2,22-13-27-59(48,49)50)33-29-31(61(54,55)56)18-20-35(33)42(37)24-25-57-3;/h4-6,8-9,14-15,17-20,28-29H,7,10-13,16,21-27H2,1-3H3,(H4-,43,44,45,46,47,48,49,50,51,52,53,54,55,56);1H4/p-3. The topological polar surface area (TPSA) is 282 Å². The van der Waals surface area contributed by atoms with Crippen molar-refractivity contribution in [2.45, 2.75) is 93.3 Å². The normalized spacial score (nSPS) is 20.2. The summed E-state index contributed by atoms with van der Waals surface area (Å²) in [4.78, 5) is 12.0. The van der Waals surface area contributed by atoms with Crippen molar-refractivity contribution >= 4 is 63.5 Å². The van der Waals surface area contributed by atoms with Crippen molar-refractivity contribution in [2.75, 3.05) is 43.2 Å². The van der Waals surface area contributed by atoms with Gasteiger partial charge in [0.1, 0.15) is 26.8 Å². The third-order valence-corrected chi connectivity index (χ3v) is 14.1. The maximum atomic E-state index is 12.1. The largest absolute Gasteiger partial charge is 0.748 e. The minimum atomic E-state index is -4.88. The Morgan fingerprint density at radius 2 is 1.29 bits per heavy atom. The molecule has 0 saturated carbocycles. The minimum Gasteiger partial charge on any atom is -0.748 e. The van der Waals surface area contributed by atoms with Crippen LogP contribution in [0.25, 0.3) is 0 Å². The first kappa shape index (κ1) is 52.3. The SMILES string of the molecule is C.COCCN1/C(=C/C=C/C=C/C=C/C2=[N+](CCCCCC(=O)O)c3ccc(S(=O)(=O)[O-])cc3C2(C)CCCS(=O)(=O)[O-])C(C)(CCCS(=O)(=O)[O-])c2cc(S(=O)(=O)[O-])ccc21. The van der Waals surface area contributed by atoms with E-state index in [-0.39, 0.29) is 46.1 Å². The van der Waals surface area contributed by atoms with Gasteiger partial charge >= 0.3 is 5.97 Å². The molecule has 0 amide bonds. The van der Waals surface area contributed by atoms with Crippen LogP contribution in [0.2, 0.25) is 0 Å². The summed E-state index contributed by atoms with van der Waals surface area (Å²) in [5.74, 6) is -2.26. The highest BCUT2D eigenvalue weighted by Crippen LogP contribution is 2.51. The molecule has 2 unspecified atom stereocenters. The average Bonchev–Trinajstić information content (AvgIpc) is 3.51. The summed E-state index contributed by atoms with van der Waals surface area (Å²) in [5.41, 5.74) is 1.20. The number of anilines is 1. The molecule has 0 bridgehead atoms. The molecule has 1 N–H and O–H groups in total. The zero-order valence-electron chi connectivity index (χ0n) is 33.9. The van der Waals surface area contributed by atoms with Crippen LogP contribution in [0.4, 0.5) is 11.4 Å². The van der Waals surface area contributed by atoms with Gasteiger partial charge in [0.05, 0.1) is 42.0 Å². The maximum Gasteiger partial charge on any atom is 0.303 e. The molecule has 0 aliphatic carbocycles. The molecule has 4 rings (SSSR count). The molecular weight excluding hydrogens is 889 g/mol. The number of aliphatic carboxylic acids is 1. The number of unbranched alkanes of at least 4 members (excludes halogenated alkanes) is 2. The van der Waals surface area contributed by atoms with Crippen LogP contribution in [0.15, 0.2) is 94.4 Å². The first-order valence-electron chi connectivity index (χ1n) is 19.3. The van der Waals surface area contributed by atoms with E-state index in [1.54, 1.807) is 56.4 Å². The highest BCUT2D eigenvalue weighted by molar-refractivity contribution is 7.86. The molecule has 21 heteroatoms. The average molecular weight is 942 g/mol. The van der Waals surface area contributed by atoms with Gasteiger partial charge in [-0.1, -0.05) is 37.8 Å². The summed E-state index contributed by atoms with van der Waals surface area (Å²) < 4.78 is 149. The van der Waals surface area contributed by atoms with Crippen LogP contribution < -0.4 is 4.90 Å². The molecule has 17 nitrogen and oxygen atoms in total. The molecule has 2 aromatic carbocycles. The quantitative estimate of drug-likeness (QED) is 0.0680. The van der Waals surface area contributed by atoms with Gasteiger partial charge in [-0.2, -0.15) is 4.58 Å². The van der Waals surface area contributed by atoms with Crippen LogP contribution in [0.3, 0.4) is 0 Å². The lowest BCUT2D eigenvalue weighted by Gasteiger charge is -2.30. The van der Waals surface area contributed by atoms with Crippen LogP contribution in [0.1, 0.15) is 83.8 Å². The fourth-order valence-electron chi connectivity index (χ4n) is 7.98. The second kappa shape index (κ2) is 21.1. The van der Waals surface area contributed by atoms with Crippen LogP contribution in [-0.4, -0.2) is 112 Å². The van der Waals surface area contributed by atoms with E-state index in [9.17, 15) is 56.7 Å². The fraction of sp³-hybridized carbons (Fsp3) is 0.463. The summed E-state index contributed by atoms with van der Waals surface area (Å²) in [5, 5.41) is 9.08. The zero-order valence-corrected chi connectivity index (χ0v) is 37.2. The third kappa shape index (κ3) is 13.5. The Labute approximate surface area is 365 Å². The van der Waals surface area contributed by atoms with Gasteiger partial charge in [0.15, 0.2) is 5.71 Å². The molecule has 62 heavy (non-hydrogen) atoms. The van der Waals surface area contributed by atoms with Crippen molar-refractivity contribution in [2.24, 2.45) is 0 Å². The molecule has 0 saturated heterocycles. The van der Waals surface area contributed by atoms with E-state index in [4.69, 9.17) is 9.84 Å². The van der Waals surface area contributed by atoms with Crippen molar-refractivity contribution < 1.29 is 71.1 Å². The lowest BCUT2D eigenvalue weighted by molar-refractivity contribution is -0.438. The molecule has 2 aliphatic rings. The number of carbonyl (C=O) groups is 1. The number of ether oxygens (including phenoxy) is 1. The summed E-state index contributed by atoms with van der Waals surface area (Å²) >= 11 is 0. The van der Waals surface area contributed by atoms with Crippen LogP contribution >= 0.6 is 0 Å². The van der Waals surface area contributed by atoms with Gasteiger partial charge < -0.3 is 33.0 Å². The summed E-state index contributed by atoms with van der Waals surface area (Å²) in [7, 11) is -17.4. The summed E-state index contributed by atoms with van der Waals surface area (Å²) in [6.07, 6.45) is 13.5. The van der Waals surface area contributed by atoms with E-state index in [0.717, 1.165) is 0 Å². The molecular formula is C41H53N2O15S4-3. The van der Waals surface area contributed by atoms with E-state index in [2.05, 4.69) is 0 Å². The lowest BCUT2D eigenvalue weighted by atomic mass is 9.76. The summed E-state index contributed by atoms with van der Waals surface area (Å²) in [6.45, 7) is 4.45. The number of rotatable bonds is 23. The van der Waals surface area contributed by atoms with E-state index in [1.807, 2.05) is 9.48 Å². The Bertz CT molecular complexity index is 2580. The van der Waals surface area contributed by atoms with Gasteiger partial charge in [0, 0.05) is 72.5 Å². The van der Waals surface area contributed by atoms with Gasteiger partial charge in [-0.25, -0.2) is 33.7 Å². The van der Waals surface area contributed by atoms with Crippen LogP contribution in [0.5, 0.6) is 0 Å². The summed E-state index contributed by atoms with van der Waals surface area (Å²) in [6, 6.07) is 7.91. The number of hydrogen-bond acceptors (Lipinski definition) is 15. The van der Waals surface area contributed by atoms with Gasteiger partial charge in [-0.15, -0.1) is 0 Å². The van der Waals surface area contributed by atoms with Gasteiger partial charge in [0.25, 0.3) is 0 Å². The van der Waals surface area contributed by atoms with Crippen molar-refractivity contribution in [3.8, 4) is 0 Å². The number of carboxylic acids is 1. The molecule has 2 aromatic rings. The van der Waals surface area contributed by atoms with Crippen molar-refractivity contribution in [3.05, 3.63) is 95.8 Å². The molecule has 344 valence electrons. The lowest BCUT2D eigenvalue weighted by Crippen LogP contribution is -2.32. The smallest absolute Gasteiger partial charge is 0.303 e. The highest BCUT2D eigenvalue weighted by atomic mass is 32.2. The third-order valence-electron chi connectivity index (χ3n) is 10.9. The van der Waals surface area contributed by atoms with Gasteiger partial charge in [0.2, 0.25) is 5.69 Å². The number of nitrogens with zero attached hydrogens (tertiary/aromatic N) is 2. The van der Waals surface area contributed by atoms with E-state index in [0.29, 0.717) is 66.3 Å². The van der Waals surface area contributed by atoms with E-state index >= 15 is 0 Å².